The van der Waals surface area contributed by atoms with Crippen LogP contribution in [-0.4, -0.2) is 22.6 Å². The second-order valence-electron chi connectivity index (χ2n) is 4.86. The number of nitrogens with zero attached hydrogens (tertiary/aromatic N) is 2. The number of benzene rings is 1. The van der Waals surface area contributed by atoms with Crippen molar-refractivity contribution in [2.24, 2.45) is 0 Å². The molecule has 3 rings (SSSR count). The topological polar surface area (TPSA) is 68.0 Å². The molecule has 0 spiro atoms. The minimum atomic E-state index is -0.0755. The Bertz CT molecular complexity index is 765. The second kappa shape index (κ2) is 6.53. The lowest BCUT2D eigenvalue weighted by molar-refractivity contribution is 0.0957. The number of carbonyl (C=O) groups excluding carboxylic acids is 1. The molecule has 0 aliphatic rings. The van der Waals surface area contributed by atoms with Gasteiger partial charge in [-0.15, -0.1) is 11.3 Å². The van der Waals surface area contributed by atoms with E-state index >= 15 is 0 Å². The molecule has 0 atom stereocenters. The second-order valence-corrected chi connectivity index (χ2v) is 5.81. The van der Waals surface area contributed by atoms with Gasteiger partial charge in [0.2, 0.25) is 11.7 Å². The smallest absolute Gasteiger partial charge is 0.261 e. The molecule has 6 heteroatoms. The molecule has 0 aliphatic heterocycles. The Morgan fingerprint density at radius 2 is 2.23 bits per heavy atom. The van der Waals surface area contributed by atoms with Gasteiger partial charge in [0, 0.05) is 18.5 Å². The molecule has 0 aliphatic carbocycles. The normalized spacial score (nSPS) is 10.6. The summed E-state index contributed by atoms with van der Waals surface area (Å²) >= 11 is 1.42. The molecule has 3 aromatic rings. The summed E-state index contributed by atoms with van der Waals surface area (Å²) in [6.45, 7) is 2.48. The van der Waals surface area contributed by atoms with Gasteiger partial charge >= 0.3 is 0 Å². The summed E-state index contributed by atoms with van der Waals surface area (Å²) in [6, 6.07) is 11.6. The molecular formula is C16H15N3O2S. The molecule has 1 amide bonds. The van der Waals surface area contributed by atoms with Crippen LogP contribution in [0.2, 0.25) is 0 Å². The first-order valence-corrected chi connectivity index (χ1v) is 7.81. The summed E-state index contributed by atoms with van der Waals surface area (Å²) in [7, 11) is 0. The average molecular weight is 313 g/mol. The average Bonchev–Trinajstić information content (AvgIpc) is 3.19. The molecule has 5 nitrogen and oxygen atoms in total. The van der Waals surface area contributed by atoms with Crippen LogP contribution in [0.3, 0.4) is 0 Å². The van der Waals surface area contributed by atoms with Gasteiger partial charge in [0.05, 0.1) is 4.88 Å². The van der Waals surface area contributed by atoms with Crippen LogP contribution in [0.5, 0.6) is 0 Å². The van der Waals surface area contributed by atoms with Crippen molar-refractivity contribution in [3.05, 3.63) is 58.1 Å². The standard InChI is InChI=1S/C16H15N3O2S/c1-11-4-2-5-12(10-11)15-18-14(21-19-15)7-8-17-16(20)13-6-3-9-22-13/h2-6,9-10H,7-8H2,1H3,(H,17,20). The number of amides is 1. The fourth-order valence-electron chi connectivity index (χ4n) is 2.04. The van der Waals surface area contributed by atoms with Crippen LogP contribution >= 0.6 is 11.3 Å². The van der Waals surface area contributed by atoms with Gasteiger partial charge in [-0.3, -0.25) is 4.79 Å². The van der Waals surface area contributed by atoms with Gasteiger partial charge in [0.1, 0.15) is 0 Å². The van der Waals surface area contributed by atoms with Gasteiger partial charge in [0.25, 0.3) is 5.91 Å². The highest BCUT2D eigenvalue weighted by Gasteiger charge is 2.10. The van der Waals surface area contributed by atoms with Crippen LogP contribution in [-0.2, 0) is 6.42 Å². The summed E-state index contributed by atoms with van der Waals surface area (Å²) in [5, 5.41) is 8.69. The van der Waals surface area contributed by atoms with Crippen molar-refractivity contribution in [1.29, 1.82) is 0 Å². The first kappa shape index (κ1) is 14.5. The molecule has 0 bridgehead atoms. The van der Waals surface area contributed by atoms with Gasteiger partial charge < -0.3 is 9.84 Å². The number of thiophene rings is 1. The molecule has 1 aromatic carbocycles. The van der Waals surface area contributed by atoms with E-state index in [0.717, 1.165) is 11.1 Å². The minimum Gasteiger partial charge on any atom is -0.351 e. The Hall–Kier alpha value is -2.47. The van der Waals surface area contributed by atoms with Crippen molar-refractivity contribution >= 4 is 17.2 Å². The van der Waals surface area contributed by atoms with Crippen LogP contribution in [0.25, 0.3) is 11.4 Å². The number of hydrogen-bond donors (Lipinski definition) is 1. The maximum atomic E-state index is 11.8. The van der Waals surface area contributed by atoms with Gasteiger partial charge in [-0.2, -0.15) is 4.98 Å². The van der Waals surface area contributed by atoms with E-state index in [-0.39, 0.29) is 5.91 Å². The number of nitrogens with one attached hydrogen (secondary N) is 1. The third-order valence-electron chi connectivity index (χ3n) is 3.11. The van der Waals surface area contributed by atoms with E-state index in [0.29, 0.717) is 29.6 Å². The van der Waals surface area contributed by atoms with Crippen LogP contribution < -0.4 is 5.32 Å². The Balaban J connectivity index is 1.57. The van der Waals surface area contributed by atoms with E-state index in [1.807, 2.05) is 42.6 Å². The van der Waals surface area contributed by atoms with Crippen molar-refractivity contribution in [2.75, 3.05) is 6.54 Å². The van der Waals surface area contributed by atoms with Crippen molar-refractivity contribution in [3.8, 4) is 11.4 Å². The third kappa shape index (κ3) is 3.40. The van der Waals surface area contributed by atoms with Gasteiger partial charge in [-0.05, 0) is 24.4 Å². The lowest BCUT2D eigenvalue weighted by Crippen LogP contribution is -2.24. The van der Waals surface area contributed by atoms with Gasteiger partial charge in [-0.1, -0.05) is 35.0 Å². The summed E-state index contributed by atoms with van der Waals surface area (Å²) in [6.07, 6.45) is 0.510. The zero-order chi connectivity index (χ0) is 15.4. The lowest BCUT2D eigenvalue weighted by Gasteiger charge is -2.00. The maximum Gasteiger partial charge on any atom is 0.261 e. The number of aryl methyl sites for hydroxylation is 1. The van der Waals surface area contributed by atoms with Crippen LogP contribution in [0.4, 0.5) is 0 Å². The number of carbonyl (C=O) groups is 1. The highest BCUT2D eigenvalue weighted by molar-refractivity contribution is 7.12. The Morgan fingerprint density at radius 1 is 1.32 bits per heavy atom. The van der Waals surface area contributed by atoms with Crippen molar-refractivity contribution in [1.82, 2.24) is 15.5 Å². The third-order valence-corrected chi connectivity index (χ3v) is 3.98. The van der Waals surface area contributed by atoms with E-state index in [4.69, 9.17) is 4.52 Å². The molecule has 0 saturated heterocycles. The summed E-state index contributed by atoms with van der Waals surface area (Å²) in [5.74, 6) is 1.01. The quantitative estimate of drug-likeness (QED) is 0.786. The zero-order valence-corrected chi connectivity index (χ0v) is 12.9. The lowest BCUT2D eigenvalue weighted by atomic mass is 10.1. The summed E-state index contributed by atoms with van der Waals surface area (Å²) < 4.78 is 5.22. The SMILES string of the molecule is Cc1cccc(-c2noc(CCNC(=O)c3cccs3)n2)c1. The van der Waals surface area contributed by atoms with Crippen LogP contribution in [0.1, 0.15) is 21.1 Å². The highest BCUT2D eigenvalue weighted by atomic mass is 32.1. The molecule has 112 valence electrons. The van der Waals surface area contributed by atoms with Crippen LogP contribution in [0, 0.1) is 6.92 Å². The molecule has 1 N–H and O–H groups in total. The Labute approximate surface area is 132 Å². The molecule has 0 fully saturated rings. The van der Waals surface area contributed by atoms with Crippen LogP contribution in [0.15, 0.2) is 46.3 Å². The summed E-state index contributed by atoms with van der Waals surface area (Å²) in [4.78, 5) is 16.8. The van der Waals surface area contributed by atoms with Gasteiger partial charge in [0.15, 0.2) is 0 Å². The fraction of sp³-hybridized carbons (Fsp3) is 0.188. The largest absolute Gasteiger partial charge is 0.351 e. The van der Waals surface area contributed by atoms with E-state index in [1.165, 1.54) is 11.3 Å². The predicted octanol–water partition coefficient (Wildman–Crippen LogP) is 3.08. The minimum absolute atomic E-state index is 0.0755. The molecule has 0 radical (unpaired) electrons. The highest BCUT2D eigenvalue weighted by Crippen LogP contribution is 2.17. The van der Waals surface area contributed by atoms with Crippen molar-refractivity contribution in [2.45, 2.75) is 13.3 Å². The molecule has 0 unspecified atom stereocenters. The summed E-state index contributed by atoms with van der Waals surface area (Å²) in [5.41, 5.74) is 2.07. The van der Waals surface area contributed by atoms with E-state index in [1.54, 1.807) is 6.07 Å². The predicted molar refractivity (Wildman–Crippen MR) is 84.8 cm³/mol. The van der Waals surface area contributed by atoms with Gasteiger partial charge in [-0.25, -0.2) is 0 Å². The first-order chi connectivity index (χ1) is 10.7. The Kier molecular flexibility index (Phi) is 4.29. The Morgan fingerprint density at radius 3 is 3.00 bits per heavy atom. The number of aromatic nitrogens is 2. The number of rotatable bonds is 5. The van der Waals surface area contributed by atoms with E-state index in [9.17, 15) is 4.79 Å². The molecule has 0 saturated carbocycles. The molecular weight excluding hydrogens is 298 g/mol. The molecule has 22 heavy (non-hydrogen) atoms. The number of hydrogen-bond acceptors (Lipinski definition) is 5. The monoisotopic (exact) mass is 313 g/mol. The van der Waals surface area contributed by atoms with Crippen molar-refractivity contribution < 1.29 is 9.32 Å². The molecule has 2 aromatic heterocycles. The molecule has 2 heterocycles. The zero-order valence-electron chi connectivity index (χ0n) is 12.1. The fourth-order valence-corrected chi connectivity index (χ4v) is 2.68. The maximum absolute atomic E-state index is 11.8. The van der Waals surface area contributed by atoms with E-state index < -0.39 is 0 Å². The van der Waals surface area contributed by atoms with E-state index in [2.05, 4.69) is 15.5 Å². The van der Waals surface area contributed by atoms with Crippen molar-refractivity contribution in [3.63, 3.8) is 0 Å². The first-order valence-electron chi connectivity index (χ1n) is 6.94.